The molecule has 0 aliphatic carbocycles. The van der Waals surface area contributed by atoms with E-state index in [-0.39, 0.29) is 23.6 Å². The van der Waals surface area contributed by atoms with Crippen LogP contribution in [-0.2, 0) is 14.3 Å². The number of unbranched alkanes of at least 4 members (excludes halogenated alkanes) is 2. The summed E-state index contributed by atoms with van der Waals surface area (Å²) in [5.41, 5.74) is 0.522. The van der Waals surface area contributed by atoms with E-state index in [1.165, 1.54) is 11.0 Å². The second-order valence-electron chi connectivity index (χ2n) is 10.3. The quantitative estimate of drug-likeness (QED) is 0.358. The minimum Gasteiger partial charge on any atom is -0.508 e. The van der Waals surface area contributed by atoms with Crippen molar-refractivity contribution in [1.82, 2.24) is 15.5 Å². The second-order valence-corrected chi connectivity index (χ2v) is 10.3. The molecule has 3 amide bonds. The van der Waals surface area contributed by atoms with Gasteiger partial charge in [-0.15, -0.1) is 0 Å². The van der Waals surface area contributed by atoms with Gasteiger partial charge in [0.05, 0.1) is 0 Å². The summed E-state index contributed by atoms with van der Waals surface area (Å²) < 4.78 is 5.31. The smallest absolute Gasteiger partial charge is 0.408 e. The van der Waals surface area contributed by atoms with Crippen LogP contribution in [-0.4, -0.2) is 52.1 Å². The SMILES string of the molecule is CCCCCN(C(=O)C(C)NC(=O)OC(C)(C)C)C(C(=O)NC(C)CCC)c1ccc(O)c(C)c1. The monoisotopic (exact) mass is 491 g/mol. The van der Waals surface area contributed by atoms with Gasteiger partial charge in [0, 0.05) is 12.6 Å². The van der Waals surface area contributed by atoms with E-state index in [2.05, 4.69) is 17.6 Å². The lowest BCUT2D eigenvalue weighted by Gasteiger charge is -2.34. The molecule has 1 rings (SSSR count). The summed E-state index contributed by atoms with van der Waals surface area (Å²) in [5, 5.41) is 15.7. The highest BCUT2D eigenvalue weighted by Crippen LogP contribution is 2.28. The average molecular weight is 492 g/mol. The van der Waals surface area contributed by atoms with Crippen LogP contribution < -0.4 is 10.6 Å². The lowest BCUT2D eigenvalue weighted by Crippen LogP contribution is -2.52. The second kappa shape index (κ2) is 14.0. The molecule has 0 aliphatic rings. The maximum Gasteiger partial charge on any atom is 0.408 e. The molecule has 0 saturated carbocycles. The standard InChI is InChI=1S/C27H45N3O5/c1-9-11-12-16-30(25(33)20(5)29-26(34)35-27(6,7)8)23(24(32)28-19(4)13-10-2)21-14-15-22(31)18(3)17-21/h14-15,17,19-20,23,31H,9-13,16H2,1-8H3,(H,28,32)(H,29,34). The Morgan fingerprint density at radius 1 is 1.06 bits per heavy atom. The number of carbonyl (C=O) groups excluding carboxylic acids is 3. The lowest BCUT2D eigenvalue weighted by molar-refractivity contribution is -0.142. The molecule has 1 aromatic carbocycles. The van der Waals surface area contributed by atoms with Crippen LogP contribution in [0.1, 0.15) is 97.7 Å². The van der Waals surface area contributed by atoms with Crippen molar-refractivity contribution in [2.45, 2.75) is 111 Å². The fourth-order valence-corrected chi connectivity index (χ4v) is 3.84. The minimum atomic E-state index is -0.902. The zero-order valence-corrected chi connectivity index (χ0v) is 22.7. The third-order valence-electron chi connectivity index (χ3n) is 5.60. The number of rotatable bonds is 12. The van der Waals surface area contributed by atoms with Crippen LogP contribution in [0.4, 0.5) is 4.79 Å². The van der Waals surface area contributed by atoms with E-state index in [1.807, 2.05) is 13.8 Å². The number of nitrogens with zero attached hydrogens (tertiary/aromatic N) is 1. The van der Waals surface area contributed by atoms with Gasteiger partial charge in [-0.2, -0.15) is 0 Å². The Hall–Kier alpha value is -2.77. The molecule has 3 N–H and O–H groups in total. The first-order valence-corrected chi connectivity index (χ1v) is 12.7. The number of hydrogen-bond acceptors (Lipinski definition) is 5. The Morgan fingerprint density at radius 2 is 1.71 bits per heavy atom. The van der Waals surface area contributed by atoms with Crippen LogP contribution >= 0.6 is 0 Å². The molecule has 0 heterocycles. The molecule has 0 aliphatic heterocycles. The van der Waals surface area contributed by atoms with Gasteiger partial charge in [-0.05, 0) is 77.6 Å². The third-order valence-corrected chi connectivity index (χ3v) is 5.60. The predicted molar refractivity (Wildman–Crippen MR) is 138 cm³/mol. The van der Waals surface area contributed by atoms with Crippen LogP contribution in [0.25, 0.3) is 0 Å². The number of phenols is 1. The van der Waals surface area contributed by atoms with Gasteiger partial charge in [0.2, 0.25) is 11.8 Å². The first kappa shape index (κ1) is 30.3. The number of aromatic hydroxyl groups is 1. The Bertz CT molecular complexity index is 850. The lowest BCUT2D eigenvalue weighted by atomic mass is 9.99. The maximum absolute atomic E-state index is 13.6. The van der Waals surface area contributed by atoms with Gasteiger partial charge in [-0.3, -0.25) is 9.59 Å². The molecule has 3 atom stereocenters. The van der Waals surface area contributed by atoms with Crippen molar-refractivity contribution in [2.24, 2.45) is 0 Å². The topological polar surface area (TPSA) is 108 Å². The van der Waals surface area contributed by atoms with Crippen molar-refractivity contribution in [3.8, 4) is 5.75 Å². The fraction of sp³-hybridized carbons (Fsp3) is 0.667. The van der Waals surface area contributed by atoms with Crippen LogP contribution in [0.3, 0.4) is 0 Å². The van der Waals surface area contributed by atoms with Gasteiger partial charge in [-0.25, -0.2) is 4.79 Å². The van der Waals surface area contributed by atoms with E-state index in [0.717, 1.165) is 25.7 Å². The van der Waals surface area contributed by atoms with Gasteiger partial charge in [0.25, 0.3) is 0 Å². The number of nitrogens with one attached hydrogen (secondary N) is 2. The highest BCUT2D eigenvalue weighted by atomic mass is 16.6. The number of ether oxygens (including phenoxy) is 1. The summed E-state index contributed by atoms with van der Waals surface area (Å²) in [4.78, 5) is 41.1. The number of hydrogen-bond donors (Lipinski definition) is 3. The Balaban J connectivity index is 3.36. The first-order chi connectivity index (χ1) is 16.3. The normalized spacial score (nSPS) is 13.9. The zero-order valence-electron chi connectivity index (χ0n) is 22.7. The number of alkyl carbamates (subject to hydrolysis) is 1. The van der Waals surface area contributed by atoms with Gasteiger partial charge >= 0.3 is 6.09 Å². The number of amides is 3. The molecule has 0 bridgehead atoms. The largest absolute Gasteiger partial charge is 0.508 e. The first-order valence-electron chi connectivity index (χ1n) is 12.7. The van der Waals surface area contributed by atoms with E-state index in [0.29, 0.717) is 24.1 Å². The van der Waals surface area contributed by atoms with E-state index in [4.69, 9.17) is 4.74 Å². The van der Waals surface area contributed by atoms with Crippen LogP contribution in [0.15, 0.2) is 18.2 Å². The van der Waals surface area contributed by atoms with Crippen molar-refractivity contribution in [3.05, 3.63) is 29.3 Å². The van der Waals surface area contributed by atoms with Crippen molar-refractivity contribution in [3.63, 3.8) is 0 Å². The summed E-state index contributed by atoms with van der Waals surface area (Å²) in [6.45, 7) is 15.0. The Labute approximate surface area is 210 Å². The average Bonchev–Trinajstić information content (AvgIpc) is 2.73. The molecular weight excluding hydrogens is 446 g/mol. The Morgan fingerprint density at radius 3 is 2.26 bits per heavy atom. The van der Waals surface area contributed by atoms with Crippen LogP contribution in [0.2, 0.25) is 0 Å². The molecule has 3 unspecified atom stereocenters. The third kappa shape index (κ3) is 10.2. The van der Waals surface area contributed by atoms with E-state index in [1.54, 1.807) is 46.8 Å². The van der Waals surface area contributed by atoms with Crippen molar-refractivity contribution >= 4 is 17.9 Å². The molecule has 0 fully saturated rings. The molecule has 35 heavy (non-hydrogen) atoms. The number of carbonyl (C=O) groups is 3. The van der Waals surface area contributed by atoms with Gasteiger partial charge in [0.15, 0.2) is 0 Å². The molecule has 0 aromatic heterocycles. The van der Waals surface area contributed by atoms with E-state index in [9.17, 15) is 19.5 Å². The maximum atomic E-state index is 13.6. The molecular formula is C27H45N3O5. The van der Waals surface area contributed by atoms with E-state index >= 15 is 0 Å². The van der Waals surface area contributed by atoms with Crippen molar-refractivity contribution in [1.29, 1.82) is 0 Å². The highest BCUT2D eigenvalue weighted by Gasteiger charge is 2.35. The molecule has 8 heteroatoms. The fourth-order valence-electron chi connectivity index (χ4n) is 3.84. The molecule has 198 valence electrons. The molecule has 0 spiro atoms. The number of aryl methyl sites for hydroxylation is 1. The molecule has 0 radical (unpaired) electrons. The van der Waals surface area contributed by atoms with Gasteiger partial charge in [-0.1, -0.05) is 39.2 Å². The highest BCUT2D eigenvalue weighted by molar-refractivity contribution is 5.92. The number of phenolic OH excluding ortho intramolecular Hbond substituents is 1. The molecule has 8 nitrogen and oxygen atoms in total. The van der Waals surface area contributed by atoms with Gasteiger partial charge < -0.3 is 25.4 Å². The summed E-state index contributed by atoms with van der Waals surface area (Å²) in [7, 11) is 0. The van der Waals surface area contributed by atoms with Crippen LogP contribution in [0, 0.1) is 6.92 Å². The van der Waals surface area contributed by atoms with Crippen molar-refractivity contribution < 1.29 is 24.2 Å². The summed E-state index contributed by atoms with van der Waals surface area (Å²) in [6, 6.07) is 3.09. The van der Waals surface area contributed by atoms with Crippen LogP contribution in [0.5, 0.6) is 5.75 Å². The molecule has 0 saturated heterocycles. The van der Waals surface area contributed by atoms with Gasteiger partial charge in [0.1, 0.15) is 23.4 Å². The Kier molecular flexibility index (Phi) is 12.1. The minimum absolute atomic E-state index is 0.0573. The zero-order chi connectivity index (χ0) is 26.8. The summed E-state index contributed by atoms with van der Waals surface area (Å²) in [5.74, 6) is -0.539. The van der Waals surface area contributed by atoms with E-state index < -0.39 is 23.8 Å². The summed E-state index contributed by atoms with van der Waals surface area (Å²) >= 11 is 0. The molecule has 1 aromatic rings. The van der Waals surface area contributed by atoms with Crippen molar-refractivity contribution in [2.75, 3.05) is 6.54 Å². The number of benzene rings is 1. The summed E-state index contributed by atoms with van der Waals surface area (Å²) in [6.07, 6.45) is 3.61. The predicted octanol–water partition coefficient (Wildman–Crippen LogP) is 4.98.